The summed E-state index contributed by atoms with van der Waals surface area (Å²) in [6.45, 7) is 6.40. The normalized spacial score (nSPS) is 19.3. The lowest BCUT2D eigenvalue weighted by molar-refractivity contribution is -0.119. The molecule has 0 aromatic carbocycles. The number of carbonyl (C=O) groups excluding carboxylic acids is 2. The maximum absolute atomic E-state index is 12.3. The van der Waals surface area contributed by atoms with Crippen LogP contribution in [0.1, 0.15) is 28.4 Å². The molecule has 19 heavy (non-hydrogen) atoms. The number of rotatable bonds is 3. The number of hydrogen-bond acceptors (Lipinski definition) is 4. The molecule has 0 aliphatic carbocycles. The fourth-order valence-corrected chi connectivity index (χ4v) is 2.99. The molecule has 1 fully saturated rings. The first-order valence-corrected chi connectivity index (χ1v) is 7.23. The number of piperazine rings is 1. The first-order chi connectivity index (χ1) is 9.06. The van der Waals surface area contributed by atoms with Gasteiger partial charge in [0, 0.05) is 37.5 Å². The minimum Gasteiger partial charge on any atom is -0.351 e. The Morgan fingerprint density at radius 3 is 3.00 bits per heavy atom. The third kappa shape index (κ3) is 3.78. The lowest BCUT2D eigenvalue weighted by Crippen LogP contribution is -2.51. The van der Waals surface area contributed by atoms with Gasteiger partial charge in [-0.15, -0.1) is 11.3 Å². The summed E-state index contributed by atoms with van der Waals surface area (Å²) >= 11 is 1.45. The topological polar surface area (TPSA) is 61.4 Å². The highest BCUT2D eigenvalue weighted by atomic mass is 32.1. The number of nitrogens with one attached hydrogen (secondary N) is 2. The van der Waals surface area contributed by atoms with Crippen LogP contribution in [0.2, 0.25) is 0 Å². The largest absolute Gasteiger partial charge is 0.351 e. The Labute approximate surface area is 117 Å². The summed E-state index contributed by atoms with van der Waals surface area (Å²) in [4.78, 5) is 26.8. The molecular weight excluding hydrogens is 262 g/mol. The minimum absolute atomic E-state index is 0.0581. The van der Waals surface area contributed by atoms with E-state index in [2.05, 4.69) is 17.6 Å². The number of thiophene rings is 1. The van der Waals surface area contributed by atoms with Gasteiger partial charge in [0.2, 0.25) is 5.91 Å². The number of hydrogen-bond donors (Lipinski definition) is 2. The van der Waals surface area contributed by atoms with Crippen molar-refractivity contribution in [3.05, 3.63) is 21.9 Å². The van der Waals surface area contributed by atoms with E-state index in [0.29, 0.717) is 12.6 Å². The zero-order valence-corrected chi connectivity index (χ0v) is 12.0. The molecular formula is C13H19N3O2S. The van der Waals surface area contributed by atoms with Gasteiger partial charge in [-0.05, 0) is 19.1 Å². The molecule has 1 aliphatic heterocycles. The van der Waals surface area contributed by atoms with Crippen LogP contribution in [0, 0.1) is 0 Å². The van der Waals surface area contributed by atoms with Crippen molar-refractivity contribution in [2.45, 2.75) is 26.4 Å². The van der Waals surface area contributed by atoms with E-state index in [1.165, 1.54) is 18.3 Å². The predicted octanol–water partition coefficient (Wildman–Crippen LogP) is 0.818. The summed E-state index contributed by atoms with van der Waals surface area (Å²) < 4.78 is 0. The van der Waals surface area contributed by atoms with Crippen molar-refractivity contribution < 1.29 is 9.59 Å². The average molecular weight is 281 g/mol. The number of amides is 2. The van der Waals surface area contributed by atoms with Crippen LogP contribution in [0.5, 0.6) is 0 Å². The summed E-state index contributed by atoms with van der Waals surface area (Å²) in [6, 6.07) is 4.09. The van der Waals surface area contributed by atoms with Gasteiger partial charge in [0.15, 0.2) is 0 Å². The molecule has 104 valence electrons. The average Bonchev–Trinajstić information content (AvgIpc) is 2.84. The van der Waals surface area contributed by atoms with E-state index in [-0.39, 0.29) is 11.8 Å². The summed E-state index contributed by atoms with van der Waals surface area (Å²) in [5.41, 5.74) is 0. The third-order valence-electron chi connectivity index (χ3n) is 3.04. The van der Waals surface area contributed by atoms with Gasteiger partial charge in [0.25, 0.3) is 5.91 Å². The molecule has 1 aliphatic rings. The van der Waals surface area contributed by atoms with Crippen molar-refractivity contribution in [2.24, 2.45) is 0 Å². The fourth-order valence-electron chi connectivity index (χ4n) is 2.07. The second-order valence-corrected chi connectivity index (χ2v) is 5.95. The Kier molecular flexibility index (Phi) is 4.55. The highest BCUT2D eigenvalue weighted by Gasteiger charge is 2.22. The maximum Gasteiger partial charge on any atom is 0.264 e. The molecule has 1 unspecified atom stereocenters. The molecule has 2 N–H and O–H groups in total. The van der Waals surface area contributed by atoms with Crippen molar-refractivity contribution in [3.8, 4) is 0 Å². The molecule has 2 amide bonds. The zero-order valence-electron chi connectivity index (χ0n) is 11.2. The Morgan fingerprint density at radius 1 is 1.53 bits per heavy atom. The summed E-state index contributed by atoms with van der Waals surface area (Å²) in [5, 5.41) is 6.06. The van der Waals surface area contributed by atoms with Crippen LogP contribution < -0.4 is 10.6 Å². The summed E-state index contributed by atoms with van der Waals surface area (Å²) in [6.07, 6.45) is 0. The van der Waals surface area contributed by atoms with Crippen molar-refractivity contribution >= 4 is 23.2 Å². The fraction of sp³-hybridized carbons (Fsp3) is 0.538. The van der Waals surface area contributed by atoms with Crippen LogP contribution in [-0.4, -0.2) is 42.4 Å². The molecule has 1 atom stereocenters. The molecule has 0 spiro atoms. The van der Waals surface area contributed by atoms with E-state index in [1.807, 2.05) is 17.0 Å². The zero-order chi connectivity index (χ0) is 13.8. The molecule has 0 saturated carbocycles. The van der Waals surface area contributed by atoms with Crippen molar-refractivity contribution in [1.82, 2.24) is 15.5 Å². The predicted molar refractivity (Wildman–Crippen MR) is 75.2 cm³/mol. The quantitative estimate of drug-likeness (QED) is 0.862. The van der Waals surface area contributed by atoms with Crippen molar-refractivity contribution in [3.63, 3.8) is 0 Å². The third-order valence-corrected chi connectivity index (χ3v) is 4.11. The lowest BCUT2D eigenvalue weighted by Gasteiger charge is -2.31. The van der Waals surface area contributed by atoms with Crippen LogP contribution in [-0.2, 0) is 11.3 Å². The van der Waals surface area contributed by atoms with Gasteiger partial charge in [-0.3, -0.25) is 9.59 Å². The molecule has 1 aromatic rings. The summed E-state index contributed by atoms with van der Waals surface area (Å²) in [7, 11) is 0. The minimum atomic E-state index is -0.0581. The van der Waals surface area contributed by atoms with Gasteiger partial charge < -0.3 is 15.5 Å². The van der Waals surface area contributed by atoms with Crippen LogP contribution in [0.25, 0.3) is 0 Å². The molecule has 6 heteroatoms. The van der Waals surface area contributed by atoms with E-state index < -0.39 is 0 Å². The van der Waals surface area contributed by atoms with Crippen molar-refractivity contribution in [1.29, 1.82) is 0 Å². The second kappa shape index (κ2) is 6.16. The second-order valence-electron chi connectivity index (χ2n) is 4.78. The molecule has 0 bridgehead atoms. The molecule has 0 radical (unpaired) electrons. The first kappa shape index (κ1) is 14.0. The summed E-state index contributed by atoms with van der Waals surface area (Å²) in [5.74, 6) is 0.0321. The Balaban J connectivity index is 1.97. The SMILES string of the molecule is CC(=O)NCc1ccc(C(=O)N2CCNC(C)C2)s1. The van der Waals surface area contributed by atoms with Gasteiger partial charge in [-0.2, -0.15) is 0 Å². The number of carbonyl (C=O) groups is 2. The highest BCUT2D eigenvalue weighted by molar-refractivity contribution is 7.14. The standard InChI is InChI=1S/C13H19N3O2S/c1-9-8-16(6-5-14-9)13(18)12-4-3-11(19-12)7-15-10(2)17/h3-4,9,14H,5-8H2,1-2H3,(H,15,17). The van der Waals surface area contributed by atoms with Gasteiger partial charge in [-0.25, -0.2) is 0 Å². The van der Waals surface area contributed by atoms with Gasteiger partial charge in [0.1, 0.15) is 0 Å². The number of nitrogens with zero attached hydrogens (tertiary/aromatic N) is 1. The van der Waals surface area contributed by atoms with E-state index in [0.717, 1.165) is 29.4 Å². The van der Waals surface area contributed by atoms with Gasteiger partial charge in [-0.1, -0.05) is 0 Å². The van der Waals surface area contributed by atoms with Gasteiger partial charge in [0.05, 0.1) is 11.4 Å². The van der Waals surface area contributed by atoms with Crippen molar-refractivity contribution in [2.75, 3.05) is 19.6 Å². The van der Waals surface area contributed by atoms with Crippen LogP contribution in [0.4, 0.5) is 0 Å². The molecule has 1 aromatic heterocycles. The smallest absolute Gasteiger partial charge is 0.264 e. The highest BCUT2D eigenvalue weighted by Crippen LogP contribution is 2.19. The Bertz CT molecular complexity index is 472. The van der Waals surface area contributed by atoms with Crippen LogP contribution in [0.15, 0.2) is 12.1 Å². The lowest BCUT2D eigenvalue weighted by atomic mass is 10.2. The molecule has 2 heterocycles. The maximum atomic E-state index is 12.3. The van der Waals surface area contributed by atoms with Crippen LogP contribution in [0.3, 0.4) is 0 Å². The van der Waals surface area contributed by atoms with E-state index >= 15 is 0 Å². The molecule has 1 saturated heterocycles. The molecule has 5 nitrogen and oxygen atoms in total. The molecule has 2 rings (SSSR count). The van der Waals surface area contributed by atoms with E-state index in [4.69, 9.17) is 0 Å². The monoisotopic (exact) mass is 281 g/mol. The van der Waals surface area contributed by atoms with Gasteiger partial charge >= 0.3 is 0 Å². The van der Waals surface area contributed by atoms with Crippen LogP contribution >= 0.6 is 11.3 Å². The first-order valence-electron chi connectivity index (χ1n) is 6.42. The van der Waals surface area contributed by atoms with E-state index in [1.54, 1.807) is 0 Å². The Hall–Kier alpha value is -1.40. The Morgan fingerprint density at radius 2 is 2.32 bits per heavy atom. The van der Waals surface area contributed by atoms with E-state index in [9.17, 15) is 9.59 Å².